The molecule has 0 aliphatic carbocycles. The van der Waals surface area contributed by atoms with E-state index in [-0.39, 0.29) is 12.4 Å². The van der Waals surface area contributed by atoms with Crippen molar-refractivity contribution in [1.82, 2.24) is 14.9 Å². The number of halogens is 1. The van der Waals surface area contributed by atoms with Crippen LogP contribution < -0.4 is 10.6 Å². The second-order valence-corrected chi connectivity index (χ2v) is 6.16. The van der Waals surface area contributed by atoms with Crippen molar-refractivity contribution in [2.24, 2.45) is 0 Å². The van der Waals surface area contributed by atoms with Gasteiger partial charge in [-0.1, -0.05) is 42.1 Å². The highest BCUT2D eigenvalue weighted by Crippen LogP contribution is 2.18. The maximum Gasteiger partial charge on any atom is 0.209 e. The maximum atomic E-state index is 12.9. The van der Waals surface area contributed by atoms with Gasteiger partial charge < -0.3 is 10.6 Å². The third kappa shape index (κ3) is 4.26. The molecule has 0 aliphatic heterocycles. The fourth-order valence-electron chi connectivity index (χ4n) is 2.09. The van der Waals surface area contributed by atoms with E-state index < -0.39 is 0 Å². The summed E-state index contributed by atoms with van der Waals surface area (Å²) >= 11 is 1.55. The van der Waals surface area contributed by atoms with Crippen molar-refractivity contribution < 1.29 is 9.13 Å². The fourth-order valence-corrected chi connectivity index (χ4v) is 2.95. The quantitative estimate of drug-likeness (QED) is 0.527. The van der Waals surface area contributed by atoms with E-state index in [4.69, 9.17) is 10.6 Å². The van der Waals surface area contributed by atoms with E-state index in [1.54, 1.807) is 23.9 Å². The summed E-state index contributed by atoms with van der Waals surface area (Å²) in [6.45, 7) is 0.175. The first kappa shape index (κ1) is 16.3. The highest BCUT2D eigenvalue weighted by molar-refractivity contribution is 7.99. The molecule has 124 valence electrons. The van der Waals surface area contributed by atoms with Gasteiger partial charge in [-0.15, -0.1) is 10.2 Å². The summed E-state index contributed by atoms with van der Waals surface area (Å²) in [5.41, 5.74) is 1.27. The number of aryl methyl sites for hydroxylation is 1. The van der Waals surface area contributed by atoms with Gasteiger partial charge in [0.2, 0.25) is 5.16 Å². The fraction of sp³-hybridized carbons (Fsp3) is 0.176. The topological polar surface area (TPSA) is 66.0 Å². The first-order chi connectivity index (χ1) is 11.7. The second-order valence-electron chi connectivity index (χ2n) is 5.10. The second kappa shape index (κ2) is 7.83. The van der Waals surface area contributed by atoms with Crippen LogP contribution in [0.4, 0.5) is 4.39 Å². The zero-order valence-electron chi connectivity index (χ0n) is 12.9. The monoisotopic (exact) mass is 344 g/mol. The molecule has 0 amide bonds. The van der Waals surface area contributed by atoms with E-state index in [0.717, 1.165) is 12.2 Å². The number of nitrogens with two attached hydrogens (primary N) is 1. The molecule has 0 bridgehead atoms. The Balaban J connectivity index is 1.52. The molecule has 0 atom stereocenters. The molecular formula is C17H17FN4OS. The summed E-state index contributed by atoms with van der Waals surface area (Å²) in [6.07, 6.45) is 0.930. The van der Waals surface area contributed by atoms with Gasteiger partial charge in [0, 0.05) is 5.75 Å². The van der Waals surface area contributed by atoms with E-state index in [0.29, 0.717) is 16.7 Å². The van der Waals surface area contributed by atoms with Crippen molar-refractivity contribution in [1.29, 1.82) is 0 Å². The van der Waals surface area contributed by atoms with Crippen LogP contribution in [0, 0.1) is 5.82 Å². The summed E-state index contributed by atoms with van der Waals surface area (Å²) in [5, 5.41) is 8.77. The van der Waals surface area contributed by atoms with E-state index in [1.807, 2.05) is 18.2 Å². The normalized spacial score (nSPS) is 10.7. The molecule has 1 aromatic heterocycles. The lowest BCUT2D eigenvalue weighted by Gasteiger charge is -2.06. The summed E-state index contributed by atoms with van der Waals surface area (Å²) in [7, 11) is 0. The Bertz CT molecular complexity index is 777. The average Bonchev–Trinajstić information content (AvgIpc) is 2.96. The van der Waals surface area contributed by atoms with Gasteiger partial charge in [0.05, 0.1) is 0 Å². The Labute approximate surface area is 143 Å². The number of ether oxygens (including phenoxy) is 1. The average molecular weight is 344 g/mol. The summed E-state index contributed by atoms with van der Waals surface area (Å²) in [4.78, 5) is 0. The van der Waals surface area contributed by atoms with Crippen molar-refractivity contribution in [2.45, 2.75) is 18.2 Å². The minimum absolute atomic E-state index is 0.175. The third-order valence-corrected chi connectivity index (χ3v) is 4.33. The Morgan fingerprint density at radius 3 is 2.54 bits per heavy atom. The molecule has 2 N–H and O–H groups in total. The maximum absolute atomic E-state index is 12.9. The Kier molecular flexibility index (Phi) is 5.32. The van der Waals surface area contributed by atoms with Gasteiger partial charge in [0.25, 0.3) is 0 Å². The van der Waals surface area contributed by atoms with E-state index in [9.17, 15) is 4.39 Å². The molecule has 24 heavy (non-hydrogen) atoms. The lowest BCUT2D eigenvalue weighted by Crippen LogP contribution is -2.16. The number of aromatic nitrogens is 3. The van der Waals surface area contributed by atoms with Crippen LogP contribution in [-0.4, -0.2) is 20.6 Å². The predicted octanol–water partition coefficient (Wildman–Crippen LogP) is 3.04. The van der Waals surface area contributed by atoms with Gasteiger partial charge in [0.1, 0.15) is 18.2 Å². The number of rotatable bonds is 7. The van der Waals surface area contributed by atoms with Gasteiger partial charge in [0.15, 0.2) is 5.82 Å². The molecule has 0 spiro atoms. The summed E-state index contributed by atoms with van der Waals surface area (Å²) < 4.78 is 19.8. The standard InChI is InChI=1S/C17H17FN4OS/c18-14-6-8-15(9-7-14)23-12-16-20-21-17(22(16)19)24-11-10-13-4-2-1-3-5-13/h1-9H,10-12,19H2. The summed E-state index contributed by atoms with van der Waals surface area (Å²) in [6, 6.07) is 16.0. The number of hydrogen-bond donors (Lipinski definition) is 1. The number of hydrogen-bond acceptors (Lipinski definition) is 5. The van der Waals surface area contributed by atoms with Gasteiger partial charge in [-0.2, -0.15) is 0 Å². The smallest absolute Gasteiger partial charge is 0.209 e. The number of nitrogen functional groups attached to an aromatic ring is 1. The van der Waals surface area contributed by atoms with E-state index >= 15 is 0 Å². The van der Waals surface area contributed by atoms with Gasteiger partial charge >= 0.3 is 0 Å². The zero-order valence-corrected chi connectivity index (χ0v) is 13.7. The molecule has 5 nitrogen and oxygen atoms in total. The van der Waals surface area contributed by atoms with Gasteiger partial charge in [-0.05, 0) is 36.2 Å². The van der Waals surface area contributed by atoms with Crippen molar-refractivity contribution in [3.8, 4) is 5.75 Å². The Morgan fingerprint density at radius 2 is 1.79 bits per heavy atom. The molecule has 0 radical (unpaired) electrons. The summed E-state index contributed by atoms with van der Waals surface area (Å²) in [5.74, 6) is 7.63. The van der Waals surface area contributed by atoms with Crippen LogP contribution in [-0.2, 0) is 13.0 Å². The van der Waals surface area contributed by atoms with E-state index in [1.165, 1.54) is 22.4 Å². The molecule has 3 aromatic rings. The highest BCUT2D eigenvalue weighted by Gasteiger charge is 2.11. The molecule has 0 saturated heterocycles. The molecule has 0 fully saturated rings. The molecule has 3 rings (SSSR count). The molecule has 0 aliphatic rings. The minimum atomic E-state index is -0.304. The number of nitrogens with zero attached hydrogens (tertiary/aromatic N) is 3. The number of benzene rings is 2. The van der Waals surface area contributed by atoms with Gasteiger partial charge in [-0.3, -0.25) is 0 Å². The SMILES string of the molecule is Nn1c(COc2ccc(F)cc2)nnc1SCCc1ccccc1. The van der Waals surface area contributed by atoms with Crippen LogP contribution in [0.5, 0.6) is 5.75 Å². The minimum Gasteiger partial charge on any atom is -0.486 e. The third-order valence-electron chi connectivity index (χ3n) is 3.38. The molecule has 7 heteroatoms. The van der Waals surface area contributed by atoms with Crippen LogP contribution >= 0.6 is 11.8 Å². The Morgan fingerprint density at radius 1 is 1.04 bits per heavy atom. The van der Waals surface area contributed by atoms with Crippen LogP contribution in [0.2, 0.25) is 0 Å². The molecule has 1 heterocycles. The predicted molar refractivity (Wildman–Crippen MR) is 91.8 cm³/mol. The highest BCUT2D eigenvalue weighted by atomic mass is 32.2. The van der Waals surface area contributed by atoms with Crippen molar-refractivity contribution in [3.05, 3.63) is 71.8 Å². The molecule has 0 unspecified atom stereocenters. The van der Waals surface area contributed by atoms with Gasteiger partial charge in [-0.25, -0.2) is 9.07 Å². The van der Waals surface area contributed by atoms with Crippen LogP contribution in [0.15, 0.2) is 59.8 Å². The first-order valence-electron chi connectivity index (χ1n) is 7.47. The van der Waals surface area contributed by atoms with Crippen molar-refractivity contribution >= 4 is 11.8 Å². The largest absolute Gasteiger partial charge is 0.486 e. The van der Waals surface area contributed by atoms with E-state index in [2.05, 4.69) is 22.3 Å². The molecule has 2 aromatic carbocycles. The van der Waals surface area contributed by atoms with Crippen LogP contribution in [0.3, 0.4) is 0 Å². The molecule has 0 saturated carbocycles. The molecular weight excluding hydrogens is 327 g/mol. The zero-order chi connectivity index (χ0) is 16.8. The Hall–Kier alpha value is -2.54. The van der Waals surface area contributed by atoms with Crippen LogP contribution in [0.1, 0.15) is 11.4 Å². The lowest BCUT2D eigenvalue weighted by molar-refractivity contribution is 0.291. The van der Waals surface area contributed by atoms with Crippen molar-refractivity contribution in [3.63, 3.8) is 0 Å². The van der Waals surface area contributed by atoms with Crippen molar-refractivity contribution in [2.75, 3.05) is 11.6 Å². The lowest BCUT2D eigenvalue weighted by atomic mass is 10.2. The van der Waals surface area contributed by atoms with Crippen LogP contribution in [0.25, 0.3) is 0 Å². The first-order valence-corrected chi connectivity index (χ1v) is 8.45. The number of thioether (sulfide) groups is 1.